The van der Waals surface area contributed by atoms with Crippen LogP contribution in [0.2, 0.25) is 5.02 Å². The van der Waals surface area contributed by atoms with E-state index in [2.05, 4.69) is 25.7 Å². The summed E-state index contributed by atoms with van der Waals surface area (Å²) < 4.78 is 0. The van der Waals surface area contributed by atoms with Crippen molar-refractivity contribution in [1.82, 2.24) is 4.90 Å². The van der Waals surface area contributed by atoms with Crippen LogP contribution < -0.4 is 10.6 Å². The first-order valence-electron chi connectivity index (χ1n) is 8.30. The zero-order chi connectivity index (χ0) is 17.2. The van der Waals surface area contributed by atoms with Gasteiger partial charge in [0.15, 0.2) is 0 Å². The van der Waals surface area contributed by atoms with Gasteiger partial charge in [-0.3, -0.25) is 4.79 Å². The van der Waals surface area contributed by atoms with E-state index in [9.17, 15) is 4.79 Å². The lowest BCUT2D eigenvalue weighted by Gasteiger charge is -2.36. The first-order chi connectivity index (χ1) is 10.7. The maximum Gasteiger partial charge on any atom is 0.222 e. The number of carbonyl (C=O) groups excluding carboxylic acids is 1. The zero-order valence-corrected chi connectivity index (χ0v) is 15.4. The van der Waals surface area contributed by atoms with Gasteiger partial charge in [-0.15, -0.1) is 0 Å². The molecule has 0 aliphatic carbocycles. The lowest BCUT2D eigenvalue weighted by atomic mass is 9.94. The third kappa shape index (κ3) is 4.54. The van der Waals surface area contributed by atoms with Crippen molar-refractivity contribution < 1.29 is 4.79 Å². The number of nitrogens with two attached hydrogens (primary N) is 1. The van der Waals surface area contributed by atoms with Crippen LogP contribution in [0.5, 0.6) is 0 Å². The van der Waals surface area contributed by atoms with Crippen LogP contribution in [-0.4, -0.2) is 36.5 Å². The van der Waals surface area contributed by atoms with Crippen molar-refractivity contribution >= 4 is 28.9 Å². The molecular weight excluding hydrogens is 310 g/mol. The quantitative estimate of drug-likeness (QED) is 0.850. The number of nitrogens with zero attached hydrogens (tertiary/aromatic N) is 2. The van der Waals surface area contributed by atoms with Crippen molar-refractivity contribution in [1.29, 1.82) is 0 Å². The van der Waals surface area contributed by atoms with Gasteiger partial charge in [0.2, 0.25) is 5.91 Å². The number of hydrogen-bond donors (Lipinski definition) is 1. The van der Waals surface area contributed by atoms with Crippen LogP contribution in [0.1, 0.15) is 40.5 Å². The second-order valence-electron chi connectivity index (χ2n) is 7.53. The van der Waals surface area contributed by atoms with E-state index in [4.69, 9.17) is 17.3 Å². The van der Waals surface area contributed by atoms with Gasteiger partial charge < -0.3 is 15.5 Å². The van der Waals surface area contributed by atoms with E-state index in [1.54, 1.807) is 0 Å². The van der Waals surface area contributed by atoms with E-state index in [0.717, 1.165) is 31.7 Å². The summed E-state index contributed by atoms with van der Waals surface area (Å²) in [6.07, 6.45) is 1.56. The van der Waals surface area contributed by atoms with Gasteiger partial charge in [0.05, 0.1) is 10.7 Å². The van der Waals surface area contributed by atoms with Gasteiger partial charge in [-0.05, 0) is 30.0 Å². The molecule has 0 saturated carbocycles. The Bertz CT molecular complexity index is 568. The smallest absolute Gasteiger partial charge is 0.222 e. The highest BCUT2D eigenvalue weighted by Gasteiger charge is 2.32. The third-order valence-electron chi connectivity index (χ3n) is 4.22. The Kier molecular flexibility index (Phi) is 5.45. The zero-order valence-electron chi connectivity index (χ0n) is 14.6. The van der Waals surface area contributed by atoms with Crippen LogP contribution in [-0.2, 0) is 4.79 Å². The number of carbonyl (C=O) groups is 1. The molecule has 1 aliphatic heterocycles. The van der Waals surface area contributed by atoms with Crippen LogP contribution in [0.3, 0.4) is 0 Å². The minimum absolute atomic E-state index is 0.149. The molecule has 1 aliphatic rings. The van der Waals surface area contributed by atoms with E-state index in [1.165, 1.54) is 0 Å². The summed E-state index contributed by atoms with van der Waals surface area (Å²) in [6.45, 7) is 11.1. The number of anilines is 2. The second kappa shape index (κ2) is 7.00. The van der Waals surface area contributed by atoms with E-state index >= 15 is 0 Å². The molecule has 23 heavy (non-hydrogen) atoms. The Morgan fingerprint density at radius 1 is 1.43 bits per heavy atom. The lowest BCUT2D eigenvalue weighted by molar-refractivity contribution is -0.129. The number of hydrogen-bond acceptors (Lipinski definition) is 3. The highest BCUT2D eigenvalue weighted by molar-refractivity contribution is 6.33. The van der Waals surface area contributed by atoms with Crippen LogP contribution in [0.15, 0.2) is 18.2 Å². The Hall–Kier alpha value is -1.42. The SMILES string of the molecule is CCC(=O)N1CCC(N(CC(C)(C)C)c2ccc(N)c(Cl)c2)C1. The second-order valence-corrected chi connectivity index (χ2v) is 7.94. The van der Waals surface area contributed by atoms with Gasteiger partial charge in [0.1, 0.15) is 0 Å². The number of benzene rings is 1. The van der Waals surface area contributed by atoms with Gasteiger partial charge in [0.25, 0.3) is 0 Å². The topological polar surface area (TPSA) is 49.6 Å². The summed E-state index contributed by atoms with van der Waals surface area (Å²) in [5, 5.41) is 0.584. The average molecular weight is 338 g/mol. The molecule has 1 fully saturated rings. The van der Waals surface area contributed by atoms with Crippen molar-refractivity contribution in [2.24, 2.45) is 5.41 Å². The highest BCUT2D eigenvalue weighted by Crippen LogP contribution is 2.31. The predicted molar refractivity (Wildman–Crippen MR) is 97.9 cm³/mol. The van der Waals surface area contributed by atoms with E-state index in [1.807, 2.05) is 30.0 Å². The molecule has 4 nitrogen and oxygen atoms in total. The Labute approximate surface area is 144 Å². The fraction of sp³-hybridized carbons (Fsp3) is 0.611. The molecular formula is C18H28ClN3O. The fourth-order valence-corrected chi connectivity index (χ4v) is 3.26. The summed E-state index contributed by atoms with van der Waals surface area (Å²) in [4.78, 5) is 16.3. The highest BCUT2D eigenvalue weighted by atomic mass is 35.5. The van der Waals surface area contributed by atoms with Crippen molar-refractivity contribution in [3.8, 4) is 0 Å². The number of likely N-dealkylation sites (tertiary alicyclic amines) is 1. The molecule has 1 unspecified atom stereocenters. The van der Waals surface area contributed by atoms with Crippen molar-refractivity contribution in [2.75, 3.05) is 30.3 Å². The summed E-state index contributed by atoms with van der Waals surface area (Å²) in [5.74, 6) is 0.235. The molecule has 1 amide bonds. The number of amides is 1. The number of rotatable bonds is 4. The molecule has 1 aromatic carbocycles. The molecule has 0 spiro atoms. The van der Waals surface area contributed by atoms with E-state index < -0.39 is 0 Å². The maximum atomic E-state index is 12.0. The average Bonchev–Trinajstić information content (AvgIpc) is 2.95. The first-order valence-corrected chi connectivity index (χ1v) is 8.68. The molecule has 0 aromatic heterocycles. The summed E-state index contributed by atoms with van der Waals surface area (Å²) in [5.41, 5.74) is 7.67. The molecule has 2 rings (SSSR count). The molecule has 0 bridgehead atoms. The summed E-state index contributed by atoms with van der Waals surface area (Å²) in [7, 11) is 0. The molecule has 0 radical (unpaired) electrons. The van der Waals surface area contributed by atoms with Gasteiger partial charge in [-0.1, -0.05) is 39.3 Å². The molecule has 1 saturated heterocycles. The van der Waals surface area contributed by atoms with Crippen molar-refractivity contribution in [3.05, 3.63) is 23.2 Å². The normalized spacial score (nSPS) is 18.3. The molecule has 5 heteroatoms. The van der Waals surface area contributed by atoms with Gasteiger partial charge >= 0.3 is 0 Å². The van der Waals surface area contributed by atoms with E-state index in [0.29, 0.717) is 23.2 Å². The van der Waals surface area contributed by atoms with Crippen LogP contribution in [0.4, 0.5) is 11.4 Å². The minimum atomic E-state index is 0.149. The molecule has 1 aromatic rings. The summed E-state index contributed by atoms with van der Waals surface area (Å²) in [6, 6.07) is 6.14. The van der Waals surface area contributed by atoms with Crippen molar-refractivity contribution in [3.63, 3.8) is 0 Å². The Balaban J connectivity index is 2.24. The Morgan fingerprint density at radius 2 is 2.13 bits per heavy atom. The molecule has 2 N–H and O–H groups in total. The van der Waals surface area contributed by atoms with Crippen LogP contribution in [0, 0.1) is 5.41 Å². The van der Waals surface area contributed by atoms with Gasteiger partial charge in [0, 0.05) is 37.8 Å². The Morgan fingerprint density at radius 3 is 2.70 bits per heavy atom. The third-order valence-corrected chi connectivity index (χ3v) is 4.55. The predicted octanol–water partition coefficient (Wildman–Crippen LogP) is 3.79. The maximum absolute atomic E-state index is 12.0. The van der Waals surface area contributed by atoms with Crippen LogP contribution >= 0.6 is 11.6 Å². The van der Waals surface area contributed by atoms with Crippen molar-refractivity contribution in [2.45, 2.75) is 46.6 Å². The minimum Gasteiger partial charge on any atom is -0.398 e. The van der Waals surface area contributed by atoms with Gasteiger partial charge in [-0.25, -0.2) is 0 Å². The lowest BCUT2D eigenvalue weighted by Crippen LogP contribution is -2.43. The molecule has 128 valence electrons. The number of halogens is 1. The monoisotopic (exact) mass is 337 g/mol. The molecule has 1 heterocycles. The standard InChI is InChI=1S/C18H28ClN3O/c1-5-17(23)21-9-8-14(11-21)22(12-18(2,3)4)13-6-7-16(20)15(19)10-13/h6-7,10,14H,5,8-9,11-12,20H2,1-4H3. The van der Waals surface area contributed by atoms with Crippen LogP contribution in [0.25, 0.3) is 0 Å². The summed E-state index contributed by atoms with van der Waals surface area (Å²) >= 11 is 6.22. The van der Waals surface area contributed by atoms with E-state index in [-0.39, 0.29) is 11.3 Å². The first kappa shape index (κ1) is 17.9. The number of nitrogen functional groups attached to an aromatic ring is 1. The van der Waals surface area contributed by atoms with Gasteiger partial charge in [-0.2, -0.15) is 0 Å². The largest absolute Gasteiger partial charge is 0.398 e. The fourth-order valence-electron chi connectivity index (χ4n) is 3.08. The molecule has 1 atom stereocenters.